The van der Waals surface area contributed by atoms with E-state index in [1.807, 2.05) is 23.5 Å². The van der Waals surface area contributed by atoms with E-state index in [2.05, 4.69) is 29.2 Å². The van der Waals surface area contributed by atoms with Gasteiger partial charge in [-0.05, 0) is 56.1 Å². The van der Waals surface area contributed by atoms with Gasteiger partial charge in [0, 0.05) is 12.5 Å². The van der Waals surface area contributed by atoms with Crippen LogP contribution in [-0.2, 0) is 6.42 Å². The van der Waals surface area contributed by atoms with E-state index in [9.17, 15) is 4.39 Å². The number of aromatic nitrogens is 1. The Balaban J connectivity index is 1.34. The number of hydrogen-bond donors (Lipinski definition) is 0. The maximum Gasteiger partial charge on any atom is 0.126 e. The van der Waals surface area contributed by atoms with Crippen molar-refractivity contribution in [2.75, 3.05) is 19.6 Å². The van der Waals surface area contributed by atoms with Crippen LogP contribution in [0.5, 0.6) is 0 Å². The summed E-state index contributed by atoms with van der Waals surface area (Å²) in [7, 11) is 0. The van der Waals surface area contributed by atoms with E-state index in [0.717, 1.165) is 50.0 Å². The Morgan fingerprint density at radius 3 is 2.58 bits per heavy atom. The molecular formula is C20H21FN2S. The van der Waals surface area contributed by atoms with E-state index >= 15 is 0 Å². The van der Waals surface area contributed by atoms with Crippen molar-refractivity contribution in [3.63, 3.8) is 0 Å². The van der Waals surface area contributed by atoms with Crippen molar-refractivity contribution in [1.82, 2.24) is 9.88 Å². The van der Waals surface area contributed by atoms with E-state index < -0.39 is 0 Å². The zero-order valence-electron chi connectivity index (χ0n) is 13.6. The first-order valence-corrected chi connectivity index (χ1v) is 9.42. The van der Waals surface area contributed by atoms with Crippen LogP contribution in [0.4, 0.5) is 4.39 Å². The van der Waals surface area contributed by atoms with Crippen LogP contribution >= 0.6 is 11.3 Å². The van der Waals surface area contributed by atoms with Gasteiger partial charge in [-0.1, -0.05) is 30.3 Å². The first-order valence-electron chi connectivity index (χ1n) is 8.61. The number of thiazole rings is 1. The molecule has 0 saturated carbocycles. The smallest absolute Gasteiger partial charge is 0.126 e. The molecule has 1 aromatic heterocycles. The third kappa shape index (κ3) is 3.35. The van der Waals surface area contributed by atoms with E-state index in [0.29, 0.717) is 5.92 Å². The minimum atomic E-state index is -0.0816. The van der Waals surface area contributed by atoms with Crippen molar-refractivity contribution in [2.24, 2.45) is 0 Å². The number of benzene rings is 2. The third-order valence-corrected chi connectivity index (χ3v) is 6.10. The second-order valence-electron chi connectivity index (χ2n) is 6.48. The first kappa shape index (κ1) is 15.7. The number of halogens is 1. The molecular weight excluding hydrogens is 319 g/mol. The molecule has 0 aliphatic carbocycles. The highest BCUT2D eigenvalue weighted by Gasteiger charge is 2.23. The molecule has 1 aliphatic rings. The molecule has 2 heterocycles. The lowest BCUT2D eigenvalue weighted by Gasteiger charge is -2.31. The molecule has 124 valence electrons. The summed E-state index contributed by atoms with van der Waals surface area (Å²) in [5.41, 5.74) is 1.95. The Morgan fingerprint density at radius 1 is 1.04 bits per heavy atom. The molecule has 1 fully saturated rings. The number of hydrogen-bond acceptors (Lipinski definition) is 3. The number of piperidine rings is 1. The number of nitrogens with zero attached hydrogens (tertiary/aromatic N) is 2. The fourth-order valence-corrected chi connectivity index (χ4v) is 4.58. The van der Waals surface area contributed by atoms with E-state index in [-0.39, 0.29) is 5.82 Å². The van der Waals surface area contributed by atoms with Crippen molar-refractivity contribution in [1.29, 1.82) is 0 Å². The van der Waals surface area contributed by atoms with Gasteiger partial charge in [-0.2, -0.15) is 0 Å². The van der Waals surface area contributed by atoms with E-state index in [1.165, 1.54) is 9.71 Å². The summed E-state index contributed by atoms with van der Waals surface area (Å²) >= 11 is 1.84. The Kier molecular flexibility index (Phi) is 4.58. The monoisotopic (exact) mass is 340 g/mol. The van der Waals surface area contributed by atoms with Crippen molar-refractivity contribution < 1.29 is 4.39 Å². The predicted molar refractivity (Wildman–Crippen MR) is 98.1 cm³/mol. The Hall–Kier alpha value is -1.78. The SMILES string of the molecule is Fc1ccccc1CCN1CCC(c2nc3ccccc3s2)CC1. The van der Waals surface area contributed by atoms with Crippen LogP contribution < -0.4 is 0 Å². The summed E-state index contributed by atoms with van der Waals surface area (Å²) in [6, 6.07) is 15.5. The molecule has 0 N–H and O–H groups in total. The zero-order valence-corrected chi connectivity index (χ0v) is 14.4. The van der Waals surface area contributed by atoms with Crippen LogP contribution in [0.3, 0.4) is 0 Å². The zero-order chi connectivity index (χ0) is 16.4. The number of likely N-dealkylation sites (tertiary alicyclic amines) is 1. The highest BCUT2D eigenvalue weighted by Crippen LogP contribution is 2.33. The predicted octanol–water partition coefficient (Wildman–Crippen LogP) is 4.86. The number of rotatable bonds is 4. The van der Waals surface area contributed by atoms with Crippen LogP contribution in [-0.4, -0.2) is 29.5 Å². The minimum Gasteiger partial charge on any atom is -0.303 e. The summed E-state index contributed by atoms with van der Waals surface area (Å²) in [6.07, 6.45) is 3.09. The van der Waals surface area contributed by atoms with Gasteiger partial charge in [-0.25, -0.2) is 9.37 Å². The van der Waals surface area contributed by atoms with Gasteiger partial charge in [0.2, 0.25) is 0 Å². The molecule has 4 rings (SSSR count). The highest BCUT2D eigenvalue weighted by atomic mass is 32.1. The van der Waals surface area contributed by atoms with Gasteiger partial charge in [-0.3, -0.25) is 0 Å². The average Bonchev–Trinajstić information content (AvgIpc) is 3.06. The summed E-state index contributed by atoms with van der Waals surface area (Å²) in [5.74, 6) is 0.494. The molecule has 24 heavy (non-hydrogen) atoms. The molecule has 1 aliphatic heterocycles. The van der Waals surface area contributed by atoms with Crippen LogP contribution in [0, 0.1) is 5.82 Å². The van der Waals surface area contributed by atoms with Crippen LogP contribution in [0.2, 0.25) is 0 Å². The summed E-state index contributed by atoms with van der Waals surface area (Å²) < 4.78 is 15.0. The van der Waals surface area contributed by atoms with Gasteiger partial charge in [0.15, 0.2) is 0 Å². The standard InChI is InChI=1S/C20H21FN2S/c21-17-6-2-1-5-15(17)9-12-23-13-10-16(11-14-23)20-22-18-7-3-4-8-19(18)24-20/h1-8,16H,9-14H2. The van der Waals surface area contributed by atoms with Crippen molar-refractivity contribution in [2.45, 2.75) is 25.2 Å². The summed E-state index contributed by atoms with van der Waals surface area (Å²) in [4.78, 5) is 7.27. The van der Waals surface area contributed by atoms with Crippen LogP contribution in [0.25, 0.3) is 10.2 Å². The molecule has 0 bridgehead atoms. The Bertz CT molecular complexity index is 788. The molecule has 0 radical (unpaired) electrons. The lowest BCUT2D eigenvalue weighted by atomic mass is 9.97. The van der Waals surface area contributed by atoms with E-state index in [4.69, 9.17) is 4.98 Å². The molecule has 4 heteroatoms. The summed E-state index contributed by atoms with van der Waals surface area (Å²) in [6.45, 7) is 3.09. The topological polar surface area (TPSA) is 16.1 Å². The maximum atomic E-state index is 13.7. The first-order chi connectivity index (χ1) is 11.8. The van der Waals surface area contributed by atoms with Crippen molar-refractivity contribution >= 4 is 21.6 Å². The quantitative estimate of drug-likeness (QED) is 0.674. The largest absolute Gasteiger partial charge is 0.303 e. The van der Waals surface area contributed by atoms with Gasteiger partial charge >= 0.3 is 0 Å². The average molecular weight is 340 g/mol. The third-order valence-electron chi connectivity index (χ3n) is 4.90. The molecule has 3 aromatic rings. The summed E-state index contributed by atoms with van der Waals surface area (Å²) in [5, 5.41) is 1.28. The fraction of sp³-hybridized carbons (Fsp3) is 0.350. The number of fused-ring (bicyclic) bond motifs is 1. The Labute approximate surface area is 146 Å². The molecule has 1 saturated heterocycles. The number of para-hydroxylation sites is 1. The Morgan fingerprint density at radius 2 is 1.79 bits per heavy atom. The lowest BCUT2D eigenvalue weighted by molar-refractivity contribution is 0.214. The van der Waals surface area contributed by atoms with Crippen LogP contribution in [0.1, 0.15) is 29.3 Å². The highest BCUT2D eigenvalue weighted by molar-refractivity contribution is 7.18. The van der Waals surface area contributed by atoms with Gasteiger partial charge < -0.3 is 4.90 Å². The van der Waals surface area contributed by atoms with Crippen molar-refractivity contribution in [3.05, 3.63) is 64.9 Å². The van der Waals surface area contributed by atoms with Gasteiger partial charge in [0.25, 0.3) is 0 Å². The molecule has 0 spiro atoms. The molecule has 0 atom stereocenters. The van der Waals surface area contributed by atoms with E-state index in [1.54, 1.807) is 12.1 Å². The maximum absolute atomic E-state index is 13.7. The fourth-order valence-electron chi connectivity index (χ4n) is 3.45. The molecule has 2 aromatic carbocycles. The normalized spacial score (nSPS) is 16.7. The minimum absolute atomic E-state index is 0.0816. The van der Waals surface area contributed by atoms with Crippen molar-refractivity contribution in [3.8, 4) is 0 Å². The van der Waals surface area contributed by atoms with Crippen LogP contribution in [0.15, 0.2) is 48.5 Å². The second kappa shape index (κ2) is 6.99. The molecule has 0 amide bonds. The van der Waals surface area contributed by atoms with Gasteiger partial charge in [0.05, 0.1) is 15.2 Å². The van der Waals surface area contributed by atoms with Gasteiger partial charge in [0.1, 0.15) is 5.82 Å². The molecule has 2 nitrogen and oxygen atoms in total. The lowest BCUT2D eigenvalue weighted by Crippen LogP contribution is -2.34. The second-order valence-corrected chi connectivity index (χ2v) is 7.54. The molecule has 0 unspecified atom stereocenters. The van der Waals surface area contributed by atoms with Gasteiger partial charge in [-0.15, -0.1) is 11.3 Å².